The molecule has 1 saturated heterocycles. The molecule has 0 spiro atoms. The van der Waals surface area contributed by atoms with Crippen molar-refractivity contribution in [1.29, 1.82) is 0 Å². The molecule has 0 radical (unpaired) electrons. The van der Waals surface area contributed by atoms with E-state index in [-0.39, 0.29) is 23.5 Å². The van der Waals surface area contributed by atoms with Gasteiger partial charge >= 0.3 is 6.03 Å². The minimum atomic E-state index is -0.608. The third-order valence-corrected chi connectivity index (χ3v) is 4.60. The van der Waals surface area contributed by atoms with E-state index in [0.29, 0.717) is 31.6 Å². The number of piperidine rings is 1. The maximum absolute atomic E-state index is 12.9. The molecule has 0 saturated carbocycles. The number of likely N-dealkylation sites (tertiary alicyclic amines) is 1. The number of rotatable bonds is 3. The first-order valence-electron chi connectivity index (χ1n) is 8.31. The maximum Gasteiger partial charge on any atom is 0.321 e. The second-order valence-corrected chi connectivity index (χ2v) is 6.30. The van der Waals surface area contributed by atoms with Gasteiger partial charge in [-0.25, -0.2) is 9.18 Å². The Balaban J connectivity index is 1.53. The molecule has 6 heteroatoms. The minimum absolute atomic E-state index is 0.0689. The van der Waals surface area contributed by atoms with E-state index in [9.17, 15) is 19.4 Å². The molecular weight excluding hydrogens is 323 g/mol. The molecule has 1 aliphatic rings. The van der Waals surface area contributed by atoms with Crippen molar-refractivity contribution in [1.82, 2.24) is 4.90 Å². The summed E-state index contributed by atoms with van der Waals surface area (Å²) in [5.41, 5.74) is 1.32. The lowest BCUT2D eigenvalue weighted by atomic mass is 9.87. The van der Waals surface area contributed by atoms with Crippen LogP contribution in [-0.4, -0.2) is 34.2 Å². The number of aromatic hydroxyl groups is 1. The molecule has 2 aromatic rings. The van der Waals surface area contributed by atoms with Crippen molar-refractivity contribution >= 4 is 11.7 Å². The van der Waals surface area contributed by atoms with E-state index in [4.69, 9.17) is 0 Å². The van der Waals surface area contributed by atoms with Gasteiger partial charge in [-0.15, -0.1) is 0 Å². The van der Waals surface area contributed by atoms with Gasteiger partial charge in [-0.1, -0.05) is 12.1 Å². The Morgan fingerprint density at radius 2 is 1.68 bits per heavy atom. The van der Waals surface area contributed by atoms with Gasteiger partial charge in [0.1, 0.15) is 11.6 Å². The lowest BCUT2D eigenvalue weighted by molar-refractivity contribution is 0.0683. The molecule has 1 heterocycles. The normalized spacial score (nSPS) is 16.5. The molecule has 3 rings (SSSR count). The number of aliphatic hydroxyl groups excluding tert-OH is 1. The zero-order chi connectivity index (χ0) is 17.8. The summed E-state index contributed by atoms with van der Waals surface area (Å²) in [6, 6.07) is 12.0. The first-order chi connectivity index (χ1) is 12.0. The van der Waals surface area contributed by atoms with Crippen LogP contribution in [0.5, 0.6) is 5.75 Å². The largest absolute Gasteiger partial charge is 0.508 e. The number of halogens is 1. The van der Waals surface area contributed by atoms with E-state index >= 15 is 0 Å². The van der Waals surface area contributed by atoms with Gasteiger partial charge in [-0.05, 0) is 60.7 Å². The first kappa shape index (κ1) is 17.2. The predicted octanol–water partition coefficient (Wildman–Crippen LogP) is 3.51. The monoisotopic (exact) mass is 344 g/mol. The number of carbonyl (C=O) groups excluding carboxylic acids is 1. The Morgan fingerprint density at radius 1 is 1.08 bits per heavy atom. The summed E-state index contributed by atoms with van der Waals surface area (Å²) in [7, 11) is 0. The molecule has 5 nitrogen and oxygen atoms in total. The highest BCUT2D eigenvalue weighted by Crippen LogP contribution is 2.31. The van der Waals surface area contributed by atoms with Crippen LogP contribution < -0.4 is 5.32 Å². The number of nitrogens with zero attached hydrogens (tertiary/aromatic N) is 1. The van der Waals surface area contributed by atoms with Crippen LogP contribution in [0.1, 0.15) is 24.5 Å². The van der Waals surface area contributed by atoms with Gasteiger partial charge < -0.3 is 20.4 Å². The van der Waals surface area contributed by atoms with Gasteiger partial charge in [-0.3, -0.25) is 0 Å². The fourth-order valence-electron chi connectivity index (χ4n) is 3.10. The van der Waals surface area contributed by atoms with Gasteiger partial charge in [0.05, 0.1) is 6.10 Å². The van der Waals surface area contributed by atoms with Crippen molar-refractivity contribution in [3.8, 4) is 5.75 Å². The number of hydrogen-bond donors (Lipinski definition) is 3. The van der Waals surface area contributed by atoms with E-state index in [2.05, 4.69) is 5.32 Å². The van der Waals surface area contributed by atoms with Crippen LogP contribution >= 0.6 is 0 Å². The molecule has 1 aliphatic heterocycles. The summed E-state index contributed by atoms with van der Waals surface area (Å²) in [4.78, 5) is 14.0. The van der Waals surface area contributed by atoms with Crippen LogP contribution in [0.4, 0.5) is 14.9 Å². The van der Waals surface area contributed by atoms with Crippen molar-refractivity contribution < 1.29 is 19.4 Å². The lowest BCUT2D eigenvalue weighted by Gasteiger charge is -2.34. The quantitative estimate of drug-likeness (QED) is 0.798. The zero-order valence-electron chi connectivity index (χ0n) is 13.7. The second-order valence-electron chi connectivity index (χ2n) is 6.30. The van der Waals surface area contributed by atoms with Crippen LogP contribution in [0, 0.1) is 11.7 Å². The van der Waals surface area contributed by atoms with Crippen LogP contribution in [0.15, 0.2) is 48.5 Å². The predicted molar refractivity (Wildman–Crippen MR) is 92.8 cm³/mol. The summed E-state index contributed by atoms with van der Waals surface area (Å²) >= 11 is 0. The van der Waals surface area contributed by atoms with Crippen molar-refractivity contribution in [3.05, 3.63) is 59.9 Å². The molecule has 0 aromatic heterocycles. The molecule has 2 aromatic carbocycles. The van der Waals surface area contributed by atoms with Crippen molar-refractivity contribution in [3.63, 3.8) is 0 Å². The van der Waals surface area contributed by atoms with Gasteiger partial charge in [0.15, 0.2) is 0 Å². The minimum Gasteiger partial charge on any atom is -0.508 e. The highest BCUT2D eigenvalue weighted by atomic mass is 19.1. The third-order valence-electron chi connectivity index (χ3n) is 4.60. The molecule has 3 N–H and O–H groups in total. The highest BCUT2D eigenvalue weighted by molar-refractivity contribution is 5.89. The molecule has 0 aliphatic carbocycles. The van der Waals surface area contributed by atoms with Crippen molar-refractivity contribution in [2.24, 2.45) is 5.92 Å². The zero-order valence-corrected chi connectivity index (χ0v) is 13.7. The summed E-state index contributed by atoms with van der Waals surface area (Å²) in [6.07, 6.45) is 0.778. The van der Waals surface area contributed by atoms with Crippen molar-refractivity contribution in [2.75, 3.05) is 18.4 Å². The third kappa shape index (κ3) is 4.28. The lowest BCUT2D eigenvalue weighted by Crippen LogP contribution is -2.42. The fourth-order valence-corrected chi connectivity index (χ4v) is 3.10. The molecule has 1 fully saturated rings. The molecule has 1 atom stereocenters. The standard InChI is InChI=1S/C19H21FN2O3/c20-15-3-5-16(6-4-15)21-19(25)22-11-9-14(10-12-22)18(24)13-1-7-17(23)8-2-13/h1-8,14,18,23-24H,9-12H2,(H,21,25). The fraction of sp³-hybridized carbons (Fsp3) is 0.316. The number of urea groups is 1. The second kappa shape index (κ2) is 7.53. The molecule has 132 valence electrons. The Bertz CT molecular complexity index is 710. The highest BCUT2D eigenvalue weighted by Gasteiger charge is 2.28. The summed E-state index contributed by atoms with van der Waals surface area (Å²) in [5, 5.41) is 22.6. The molecule has 25 heavy (non-hydrogen) atoms. The molecule has 2 amide bonds. The van der Waals surface area contributed by atoms with E-state index in [1.54, 1.807) is 29.2 Å². The number of benzene rings is 2. The number of hydrogen-bond acceptors (Lipinski definition) is 3. The van der Waals surface area contributed by atoms with E-state index in [0.717, 1.165) is 5.56 Å². The molecule has 1 unspecified atom stereocenters. The van der Waals surface area contributed by atoms with Gasteiger partial charge in [-0.2, -0.15) is 0 Å². The molecule has 0 bridgehead atoms. The summed E-state index contributed by atoms with van der Waals surface area (Å²) in [5.74, 6) is -0.107. The first-order valence-corrected chi connectivity index (χ1v) is 8.31. The maximum atomic E-state index is 12.9. The Morgan fingerprint density at radius 3 is 2.28 bits per heavy atom. The van der Waals surface area contributed by atoms with E-state index < -0.39 is 6.10 Å². The van der Waals surface area contributed by atoms with E-state index in [1.807, 2.05) is 0 Å². The number of phenolic OH excluding ortho intramolecular Hbond substituents is 1. The number of amides is 2. The summed E-state index contributed by atoms with van der Waals surface area (Å²) in [6.45, 7) is 1.10. The Hall–Kier alpha value is -2.60. The van der Waals surface area contributed by atoms with Crippen LogP contribution in [0.3, 0.4) is 0 Å². The van der Waals surface area contributed by atoms with Crippen LogP contribution in [0.25, 0.3) is 0 Å². The number of nitrogens with one attached hydrogen (secondary N) is 1. The number of carbonyl (C=O) groups is 1. The SMILES string of the molecule is O=C(Nc1ccc(F)cc1)N1CCC(C(O)c2ccc(O)cc2)CC1. The van der Waals surface area contributed by atoms with Crippen LogP contribution in [-0.2, 0) is 0 Å². The topological polar surface area (TPSA) is 72.8 Å². The summed E-state index contributed by atoms with van der Waals surface area (Å²) < 4.78 is 12.9. The Labute approximate surface area is 145 Å². The molecular formula is C19H21FN2O3. The Kier molecular flexibility index (Phi) is 5.19. The number of aliphatic hydroxyl groups is 1. The van der Waals surface area contributed by atoms with Gasteiger partial charge in [0.25, 0.3) is 0 Å². The average Bonchev–Trinajstić information content (AvgIpc) is 2.64. The number of phenols is 1. The average molecular weight is 344 g/mol. The van der Waals surface area contributed by atoms with Gasteiger partial charge in [0, 0.05) is 18.8 Å². The van der Waals surface area contributed by atoms with Gasteiger partial charge in [0.2, 0.25) is 0 Å². The van der Waals surface area contributed by atoms with Crippen LogP contribution in [0.2, 0.25) is 0 Å². The van der Waals surface area contributed by atoms with E-state index in [1.165, 1.54) is 24.3 Å². The number of anilines is 1. The van der Waals surface area contributed by atoms with Crippen molar-refractivity contribution in [2.45, 2.75) is 18.9 Å². The smallest absolute Gasteiger partial charge is 0.321 e.